The van der Waals surface area contributed by atoms with Crippen LogP contribution in [-0.4, -0.2) is 34.0 Å². The van der Waals surface area contributed by atoms with Crippen LogP contribution in [0.1, 0.15) is 24.2 Å². The van der Waals surface area contributed by atoms with Crippen LogP contribution >= 0.6 is 11.6 Å². The van der Waals surface area contributed by atoms with E-state index in [2.05, 4.69) is 10.0 Å². The molecule has 0 radical (unpaired) electrons. The molecule has 2 aromatic carbocycles. The third kappa shape index (κ3) is 5.14. The molecule has 2 rings (SSSR count). The van der Waals surface area contributed by atoms with Gasteiger partial charge in [0.05, 0.1) is 40.6 Å². The Morgan fingerprint density at radius 3 is 2.43 bits per heavy atom. The molecule has 0 atom stereocenters. The van der Waals surface area contributed by atoms with Gasteiger partial charge in [-0.25, -0.2) is 13.2 Å². The Kier molecular flexibility index (Phi) is 6.87. The summed E-state index contributed by atoms with van der Waals surface area (Å²) in [6, 6.07) is 8.11. The molecule has 0 saturated carbocycles. The minimum absolute atomic E-state index is 0.0484. The van der Waals surface area contributed by atoms with Crippen molar-refractivity contribution >= 4 is 44.9 Å². The van der Waals surface area contributed by atoms with Crippen LogP contribution in [-0.2, 0) is 19.6 Å². The normalized spacial score (nSPS) is 10.9. The van der Waals surface area contributed by atoms with Crippen molar-refractivity contribution in [3.8, 4) is 5.75 Å². The number of nitrogens with one attached hydrogen (secondary N) is 2. The van der Waals surface area contributed by atoms with Crippen LogP contribution in [0.2, 0.25) is 5.02 Å². The van der Waals surface area contributed by atoms with Crippen molar-refractivity contribution in [3.63, 3.8) is 0 Å². The summed E-state index contributed by atoms with van der Waals surface area (Å²) in [4.78, 5) is 23.0. The van der Waals surface area contributed by atoms with Crippen molar-refractivity contribution in [2.24, 2.45) is 0 Å². The minimum Gasteiger partial charge on any atom is -0.495 e. The van der Waals surface area contributed by atoms with Crippen LogP contribution in [0.3, 0.4) is 0 Å². The second-order valence-electron chi connectivity index (χ2n) is 5.56. The SMILES string of the molecule is CCOC(=O)c1ccc(NS(=O)(=O)c2ccc(OC)c(NC(C)=O)c2)cc1Cl. The molecule has 1 amide bonds. The highest BCUT2D eigenvalue weighted by Gasteiger charge is 2.19. The Labute approximate surface area is 167 Å². The summed E-state index contributed by atoms with van der Waals surface area (Å²) in [6.07, 6.45) is 0. The van der Waals surface area contributed by atoms with Crippen molar-refractivity contribution < 1.29 is 27.5 Å². The molecule has 0 fully saturated rings. The van der Waals surface area contributed by atoms with Gasteiger partial charge in [0, 0.05) is 6.92 Å². The highest BCUT2D eigenvalue weighted by Crippen LogP contribution is 2.29. The number of methoxy groups -OCH3 is 1. The zero-order valence-electron chi connectivity index (χ0n) is 15.4. The van der Waals surface area contributed by atoms with Crippen molar-refractivity contribution in [1.82, 2.24) is 0 Å². The summed E-state index contributed by atoms with van der Waals surface area (Å²) < 4.78 is 37.7. The predicted octanol–water partition coefficient (Wildman–Crippen LogP) is 3.28. The van der Waals surface area contributed by atoms with E-state index in [0.717, 1.165) is 0 Å². The number of halogens is 1. The van der Waals surface area contributed by atoms with Gasteiger partial charge in [0.2, 0.25) is 5.91 Å². The maximum atomic E-state index is 12.7. The van der Waals surface area contributed by atoms with Crippen molar-refractivity contribution in [1.29, 1.82) is 0 Å². The van der Waals surface area contributed by atoms with Crippen LogP contribution in [0.15, 0.2) is 41.3 Å². The number of anilines is 2. The summed E-state index contributed by atoms with van der Waals surface area (Å²) in [5.74, 6) is -0.657. The van der Waals surface area contributed by atoms with Gasteiger partial charge in [-0.3, -0.25) is 9.52 Å². The molecule has 150 valence electrons. The van der Waals surface area contributed by atoms with Crippen LogP contribution < -0.4 is 14.8 Å². The van der Waals surface area contributed by atoms with Gasteiger partial charge in [0.15, 0.2) is 0 Å². The van der Waals surface area contributed by atoms with Gasteiger partial charge in [-0.05, 0) is 43.3 Å². The van der Waals surface area contributed by atoms with Crippen LogP contribution in [0.25, 0.3) is 0 Å². The first-order valence-corrected chi connectivity index (χ1v) is 9.99. The fourth-order valence-electron chi connectivity index (χ4n) is 2.31. The second-order valence-corrected chi connectivity index (χ2v) is 7.65. The topological polar surface area (TPSA) is 111 Å². The number of carbonyl (C=O) groups is 2. The van der Waals surface area contributed by atoms with E-state index in [4.69, 9.17) is 21.1 Å². The molecule has 2 aromatic rings. The van der Waals surface area contributed by atoms with Gasteiger partial charge in [0.25, 0.3) is 10.0 Å². The van der Waals surface area contributed by atoms with E-state index in [0.29, 0.717) is 5.75 Å². The number of benzene rings is 2. The lowest BCUT2D eigenvalue weighted by Crippen LogP contribution is -2.15. The zero-order valence-corrected chi connectivity index (χ0v) is 17.0. The monoisotopic (exact) mass is 426 g/mol. The molecule has 0 heterocycles. The number of amides is 1. The fraction of sp³-hybridized carbons (Fsp3) is 0.222. The summed E-state index contributed by atoms with van der Waals surface area (Å²) in [5.41, 5.74) is 0.507. The summed E-state index contributed by atoms with van der Waals surface area (Å²) in [6.45, 7) is 3.15. The number of carbonyl (C=O) groups excluding carboxylic acids is 2. The van der Waals surface area contributed by atoms with Gasteiger partial charge in [-0.1, -0.05) is 11.6 Å². The van der Waals surface area contributed by atoms with Crippen molar-refractivity contribution in [2.75, 3.05) is 23.8 Å². The molecule has 28 heavy (non-hydrogen) atoms. The molecule has 0 aromatic heterocycles. The van der Waals surface area contributed by atoms with Crippen molar-refractivity contribution in [3.05, 3.63) is 47.0 Å². The first kappa shape index (κ1) is 21.5. The summed E-state index contributed by atoms with van der Waals surface area (Å²) >= 11 is 6.06. The molecule has 0 aliphatic carbocycles. The number of rotatable bonds is 7. The first-order valence-electron chi connectivity index (χ1n) is 8.13. The number of hydrogen-bond acceptors (Lipinski definition) is 6. The Morgan fingerprint density at radius 2 is 1.86 bits per heavy atom. The molecule has 2 N–H and O–H groups in total. The minimum atomic E-state index is -3.99. The van der Waals surface area contributed by atoms with E-state index in [-0.39, 0.29) is 39.4 Å². The maximum absolute atomic E-state index is 12.7. The quantitative estimate of drug-likeness (QED) is 0.657. The smallest absolute Gasteiger partial charge is 0.339 e. The van der Waals surface area contributed by atoms with E-state index >= 15 is 0 Å². The Bertz CT molecular complexity index is 1010. The average Bonchev–Trinajstić information content (AvgIpc) is 2.61. The second kappa shape index (κ2) is 8.94. The van der Waals surface area contributed by atoms with Gasteiger partial charge in [-0.2, -0.15) is 0 Å². The molecular weight excluding hydrogens is 408 g/mol. The standard InChI is InChI=1S/C18H19ClN2O6S/c1-4-27-18(23)14-7-5-12(9-15(14)19)21-28(24,25)13-6-8-17(26-3)16(10-13)20-11(2)22/h5-10,21H,4H2,1-3H3,(H,20,22). The van der Waals surface area contributed by atoms with Gasteiger partial charge in [-0.15, -0.1) is 0 Å². The van der Waals surface area contributed by atoms with E-state index in [1.165, 1.54) is 50.4 Å². The maximum Gasteiger partial charge on any atom is 0.339 e. The Balaban J connectivity index is 2.32. The first-order chi connectivity index (χ1) is 13.2. The average molecular weight is 427 g/mol. The van der Waals surface area contributed by atoms with Crippen LogP contribution in [0.4, 0.5) is 11.4 Å². The summed E-state index contributed by atoms with van der Waals surface area (Å²) in [5, 5.41) is 2.56. The molecule has 0 bridgehead atoms. The number of hydrogen-bond donors (Lipinski definition) is 2. The Hall–Kier alpha value is -2.78. The Morgan fingerprint density at radius 1 is 1.14 bits per heavy atom. The third-order valence-electron chi connectivity index (χ3n) is 3.51. The molecule has 0 aliphatic heterocycles. The fourth-order valence-corrected chi connectivity index (χ4v) is 3.64. The molecule has 0 unspecified atom stereocenters. The van der Waals surface area contributed by atoms with Crippen LogP contribution in [0.5, 0.6) is 5.75 Å². The van der Waals surface area contributed by atoms with Crippen molar-refractivity contribution in [2.45, 2.75) is 18.7 Å². The summed E-state index contributed by atoms with van der Waals surface area (Å²) in [7, 11) is -2.59. The molecular formula is C18H19ClN2O6S. The lowest BCUT2D eigenvalue weighted by atomic mass is 10.2. The van der Waals surface area contributed by atoms with E-state index < -0.39 is 16.0 Å². The molecule has 0 aliphatic rings. The predicted molar refractivity (Wildman–Crippen MR) is 106 cm³/mol. The van der Waals surface area contributed by atoms with Crippen LogP contribution in [0, 0.1) is 0 Å². The molecule has 10 heteroatoms. The van der Waals surface area contributed by atoms with E-state index in [9.17, 15) is 18.0 Å². The highest BCUT2D eigenvalue weighted by molar-refractivity contribution is 7.92. The zero-order chi connectivity index (χ0) is 20.9. The highest BCUT2D eigenvalue weighted by atomic mass is 35.5. The third-order valence-corrected chi connectivity index (χ3v) is 5.20. The molecule has 8 nitrogen and oxygen atoms in total. The largest absolute Gasteiger partial charge is 0.495 e. The lowest BCUT2D eigenvalue weighted by Gasteiger charge is -2.13. The van der Waals surface area contributed by atoms with Gasteiger partial charge < -0.3 is 14.8 Å². The number of ether oxygens (including phenoxy) is 2. The number of esters is 1. The van der Waals surface area contributed by atoms with E-state index in [1.54, 1.807) is 6.92 Å². The molecule has 0 saturated heterocycles. The lowest BCUT2D eigenvalue weighted by molar-refractivity contribution is -0.114. The van der Waals surface area contributed by atoms with Gasteiger partial charge in [0.1, 0.15) is 5.75 Å². The number of sulfonamides is 1. The molecule has 0 spiro atoms. The van der Waals surface area contributed by atoms with Gasteiger partial charge >= 0.3 is 5.97 Å². The van der Waals surface area contributed by atoms with E-state index in [1.807, 2.05) is 0 Å².